The van der Waals surface area contributed by atoms with Crippen LogP contribution >= 0.6 is 0 Å². The molecule has 0 radical (unpaired) electrons. The Kier molecular flexibility index (Phi) is 6.48. The molecule has 170 valence electrons. The number of hydrogen-bond donors (Lipinski definition) is 0. The lowest BCUT2D eigenvalue weighted by Gasteiger charge is -2.22. The van der Waals surface area contributed by atoms with E-state index in [0.29, 0.717) is 44.6 Å². The quantitative estimate of drug-likeness (QED) is 0.567. The number of carbonyl (C=O) groups excluding carboxylic acids is 1. The van der Waals surface area contributed by atoms with Crippen molar-refractivity contribution >= 4 is 27.0 Å². The summed E-state index contributed by atoms with van der Waals surface area (Å²) < 4.78 is 34.1. The number of aryl methyl sites for hydroxylation is 2. The van der Waals surface area contributed by atoms with E-state index in [2.05, 4.69) is 0 Å². The number of nitrogens with zero attached hydrogens (tertiary/aromatic N) is 3. The summed E-state index contributed by atoms with van der Waals surface area (Å²) >= 11 is 0. The first-order valence-electron chi connectivity index (χ1n) is 10.8. The number of rotatable bonds is 6. The van der Waals surface area contributed by atoms with E-state index >= 15 is 0 Å². The molecule has 0 atom stereocenters. The van der Waals surface area contributed by atoms with Gasteiger partial charge in [0.15, 0.2) is 5.58 Å². The number of hydrogen-bond acceptors (Lipinski definition) is 5. The second-order valence-corrected chi connectivity index (χ2v) is 9.98. The van der Waals surface area contributed by atoms with Gasteiger partial charge in [0.1, 0.15) is 0 Å². The molecule has 1 fully saturated rings. The molecule has 0 N–H and O–H groups in total. The van der Waals surface area contributed by atoms with Gasteiger partial charge in [0.2, 0.25) is 15.9 Å². The van der Waals surface area contributed by atoms with Crippen molar-refractivity contribution in [2.45, 2.75) is 37.6 Å². The number of amides is 1. The molecule has 32 heavy (non-hydrogen) atoms. The monoisotopic (exact) mass is 457 g/mol. The zero-order valence-electron chi connectivity index (χ0n) is 18.1. The van der Waals surface area contributed by atoms with Gasteiger partial charge in [-0.3, -0.25) is 9.36 Å². The maximum Gasteiger partial charge on any atom is 0.419 e. The normalized spacial score (nSPS) is 15.7. The Morgan fingerprint density at radius 1 is 1.00 bits per heavy atom. The second-order valence-electron chi connectivity index (χ2n) is 8.04. The van der Waals surface area contributed by atoms with Gasteiger partial charge >= 0.3 is 5.76 Å². The highest BCUT2D eigenvalue weighted by Crippen LogP contribution is 2.19. The predicted molar refractivity (Wildman–Crippen MR) is 121 cm³/mol. The van der Waals surface area contributed by atoms with Crippen molar-refractivity contribution < 1.29 is 17.6 Å². The summed E-state index contributed by atoms with van der Waals surface area (Å²) in [5, 5.41) is 0. The lowest BCUT2D eigenvalue weighted by Crippen LogP contribution is -2.37. The minimum Gasteiger partial charge on any atom is -0.408 e. The summed E-state index contributed by atoms with van der Waals surface area (Å²) in [5.41, 5.74) is 2.25. The summed E-state index contributed by atoms with van der Waals surface area (Å²) in [6.45, 7) is 3.84. The van der Waals surface area contributed by atoms with Crippen LogP contribution in [0.1, 0.15) is 24.8 Å². The molecule has 0 saturated carbocycles. The third kappa shape index (κ3) is 4.63. The molecule has 1 aliphatic heterocycles. The van der Waals surface area contributed by atoms with Crippen molar-refractivity contribution in [3.8, 4) is 0 Å². The van der Waals surface area contributed by atoms with E-state index in [1.807, 2.05) is 19.1 Å². The van der Waals surface area contributed by atoms with Gasteiger partial charge in [-0.15, -0.1) is 0 Å². The van der Waals surface area contributed by atoms with Gasteiger partial charge < -0.3 is 9.32 Å². The third-order valence-electron chi connectivity index (χ3n) is 5.81. The number of fused-ring (bicyclic) bond motifs is 1. The molecule has 0 spiro atoms. The molecule has 2 aromatic carbocycles. The molecule has 2 heterocycles. The van der Waals surface area contributed by atoms with Gasteiger partial charge in [-0.1, -0.05) is 29.8 Å². The predicted octanol–water partition coefficient (Wildman–Crippen LogP) is 2.61. The number of oxazole rings is 1. The van der Waals surface area contributed by atoms with Gasteiger partial charge in [0, 0.05) is 39.1 Å². The van der Waals surface area contributed by atoms with E-state index in [1.54, 1.807) is 45.9 Å². The Labute approximate surface area is 187 Å². The summed E-state index contributed by atoms with van der Waals surface area (Å²) in [6.07, 6.45) is 1.38. The maximum absolute atomic E-state index is 13.0. The minimum atomic E-state index is -3.58. The fourth-order valence-electron chi connectivity index (χ4n) is 4.02. The topological polar surface area (TPSA) is 92.8 Å². The molecule has 4 rings (SSSR count). The standard InChI is InChI=1S/C23H27N3O5S/c1-18-9-11-19(12-10-18)32(29,30)25-14-5-13-24(16-17-25)22(27)8-4-15-26-20-6-2-3-7-21(20)31-23(26)28/h2-3,6-7,9-12H,4-5,8,13-17H2,1H3. The average Bonchev–Trinajstić information content (AvgIpc) is 2.93. The third-order valence-corrected chi connectivity index (χ3v) is 7.73. The number of sulfonamides is 1. The lowest BCUT2D eigenvalue weighted by atomic mass is 10.2. The van der Waals surface area contributed by atoms with E-state index in [4.69, 9.17) is 4.42 Å². The first kappa shape index (κ1) is 22.3. The van der Waals surface area contributed by atoms with E-state index in [9.17, 15) is 18.0 Å². The summed E-state index contributed by atoms with van der Waals surface area (Å²) in [6, 6.07) is 14.0. The fourth-order valence-corrected chi connectivity index (χ4v) is 5.48. The van der Waals surface area contributed by atoms with Crippen LogP contribution in [0.15, 0.2) is 62.6 Å². The van der Waals surface area contributed by atoms with Crippen molar-refractivity contribution in [2.24, 2.45) is 0 Å². The van der Waals surface area contributed by atoms with Crippen LogP contribution < -0.4 is 5.76 Å². The van der Waals surface area contributed by atoms with Crippen LogP contribution in [0.4, 0.5) is 0 Å². The van der Waals surface area contributed by atoms with Crippen molar-refractivity contribution in [1.29, 1.82) is 0 Å². The van der Waals surface area contributed by atoms with Crippen molar-refractivity contribution in [2.75, 3.05) is 26.2 Å². The van der Waals surface area contributed by atoms with E-state index < -0.39 is 15.8 Å². The molecule has 0 unspecified atom stereocenters. The highest BCUT2D eigenvalue weighted by Gasteiger charge is 2.28. The van der Waals surface area contributed by atoms with Crippen LogP contribution in [0.25, 0.3) is 11.1 Å². The zero-order valence-corrected chi connectivity index (χ0v) is 18.9. The Bertz CT molecular complexity index is 1260. The molecular formula is C23H27N3O5S. The summed E-state index contributed by atoms with van der Waals surface area (Å²) in [7, 11) is -3.58. The molecule has 0 bridgehead atoms. The summed E-state index contributed by atoms with van der Waals surface area (Å²) in [5.74, 6) is -0.453. The highest BCUT2D eigenvalue weighted by molar-refractivity contribution is 7.89. The molecular weight excluding hydrogens is 430 g/mol. The van der Waals surface area contributed by atoms with E-state index in [0.717, 1.165) is 11.1 Å². The Morgan fingerprint density at radius 2 is 1.75 bits per heavy atom. The Balaban J connectivity index is 1.34. The van der Waals surface area contributed by atoms with E-state index in [1.165, 1.54) is 4.31 Å². The molecule has 8 nitrogen and oxygen atoms in total. The molecule has 9 heteroatoms. The van der Waals surface area contributed by atoms with E-state index in [-0.39, 0.29) is 23.8 Å². The molecule has 1 saturated heterocycles. The van der Waals surface area contributed by atoms with Gasteiger partial charge in [0.05, 0.1) is 10.4 Å². The van der Waals surface area contributed by atoms with Crippen LogP contribution in [0.3, 0.4) is 0 Å². The van der Waals surface area contributed by atoms with Crippen molar-refractivity contribution in [3.63, 3.8) is 0 Å². The largest absolute Gasteiger partial charge is 0.419 e. The smallest absolute Gasteiger partial charge is 0.408 e. The highest BCUT2D eigenvalue weighted by atomic mass is 32.2. The Morgan fingerprint density at radius 3 is 2.53 bits per heavy atom. The van der Waals surface area contributed by atoms with Crippen molar-refractivity contribution in [3.05, 3.63) is 64.6 Å². The van der Waals surface area contributed by atoms with Crippen LogP contribution in [0, 0.1) is 6.92 Å². The Hall–Kier alpha value is -2.91. The number of para-hydroxylation sites is 2. The van der Waals surface area contributed by atoms with Crippen LogP contribution in [0.2, 0.25) is 0 Å². The molecule has 1 amide bonds. The van der Waals surface area contributed by atoms with Gasteiger partial charge in [-0.2, -0.15) is 4.31 Å². The van der Waals surface area contributed by atoms with Crippen molar-refractivity contribution in [1.82, 2.24) is 13.8 Å². The lowest BCUT2D eigenvalue weighted by molar-refractivity contribution is -0.131. The fraction of sp³-hybridized carbons (Fsp3) is 0.391. The first-order valence-corrected chi connectivity index (χ1v) is 12.2. The molecule has 0 aliphatic carbocycles. The number of aromatic nitrogens is 1. The minimum absolute atomic E-state index is 0.0274. The van der Waals surface area contributed by atoms with Crippen LogP contribution in [-0.4, -0.2) is 54.3 Å². The number of carbonyl (C=O) groups is 1. The second kappa shape index (κ2) is 9.30. The van der Waals surface area contributed by atoms with Crippen LogP contribution in [0.5, 0.6) is 0 Å². The zero-order chi connectivity index (χ0) is 22.7. The maximum atomic E-state index is 13.0. The average molecular weight is 458 g/mol. The van der Waals surface area contributed by atoms with Gasteiger partial charge in [-0.05, 0) is 44.0 Å². The molecule has 1 aliphatic rings. The summed E-state index contributed by atoms with van der Waals surface area (Å²) in [4.78, 5) is 26.8. The molecule has 1 aromatic heterocycles. The molecule has 3 aromatic rings. The SMILES string of the molecule is Cc1ccc(S(=O)(=O)N2CCCN(C(=O)CCCn3c(=O)oc4ccccc43)CC2)cc1. The van der Waals surface area contributed by atoms with Crippen LogP contribution in [-0.2, 0) is 21.4 Å². The number of benzene rings is 2. The first-order chi connectivity index (χ1) is 15.4. The van der Waals surface area contributed by atoms with Gasteiger partial charge in [-0.25, -0.2) is 13.2 Å². The van der Waals surface area contributed by atoms with Gasteiger partial charge in [0.25, 0.3) is 0 Å².